The molecule has 0 aliphatic carbocycles. The zero-order chi connectivity index (χ0) is 17.4. The highest BCUT2D eigenvalue weighted by Crippen LogP contribution is 2.17. The lowest BCUT2D eigenvalue weighted by Crippen LogP contribution is -2.51. The molecule has 1 aromatic rings. The lowest BCUT2D eigenvalue weighted by molar-refractivity contribution is -0.128. The lowest BCUT2D eigenvalue weighted by Gasteiger charge is -2.32. The molecule has 134 valence electrons. The zero-order valence-corrected chi connectivity index (χ0v) is 14.9. The molecule has 0 spiro atoms. The van der Waals surface area contributed by atoms with Crippen LogP contribution in [0.25, 0.3) is 0 Å². The van der Waals surface area contributed by atoms with Crippen molar-refractivity contribution in [3.05, 3.63) is 29.3 Å². The summed E-state index contributed by atoms with van der Waals surface area (Å²) in [6, 6.07) is 6.92. The molecule has 1 aliphatic rings. The molecular formula is C17H25ClN2O4. The molecule has 1 saturated heterocycles. The Hall–Kier alpha value is -1.34. The van der Waals surface area contributed by atoms with Crippen LogP contribution in [-0.2, 0) is 14.3 Å². The maximum Gasteiger partial charge on any atom is 0.258 e. The maximum atomic E-state index is 12.1. The van der Waals surface area contributed by atoms with Gasteiger partial charge in [-0.15, -0.1) is 0 Å². The van der Waals surface area contributed by atoms with E-state index in [0.29, 0.717) is 30.6 Å². The number of halogens is 1. The third-order valence-electron chi connectivity index (χ3n) is 3.69. The van der Waals surface area contributed by atoms with Gasteiger partial charge in [-0.3, -0.25) is 4.79 Å². The Morgan fingerprint density at radius 3 is 3.04 bits per heavy atom. The molecule has 1 aliphatic heterocycles. The van der Waals surface area contributed by atoms with Crippen molar-refractivity contribution in [3.8, 4) is 5.75 Å². The number of nitrogens with one attached hydrogen (secondary N) is 1. The topological polar surface area (TPSA) is 60.0 Å². The van der Waals surface area contributed by atoms with E-state index in [0.717, 1.165) is 13.0 Å². The number of carbonyl (C=O) groups excluding carboxylic acids is 1. The molecule has 0 aromatic heterocycles. The molecule has 0 unspecified atom stereocenters. The Bertz CT molecular complexity index is 527. The fourth-order valence-electron chi connectivity index (χ4n) is 2.38. The van der Waals surface area contributed by atoms with Gasteiger partial charge in [-0.1, -0.05) is 17.7 Å². The quantitative estimate of drug-likeness (QED) is 0.766. The van der Waals surface area contributed by atoms with Crippen molar-refractivity contribution in [2.45, 2.75) is 18.6 Å². The first-order chi connectivity index (χ1) is 11.5. The van der Waals surface area contributed by atoms with Gasteiger partial charge in [0.25, 0.3) is 5.91 Å². The standard InChI is InChI=1S/C17H25ClN2O4/c1-20(2)7-9-23-16-11-22-8-6-15(16)19-17(21)12-24-14-5-3-4-13(18)10-14/h3-5,10,15-16H,6-9,11-12H2,1-2H3,(H,19,21)/t15-,16-/m1/s1. The number of ether oxygens (including phenoxy) is 3. The molecular weight excluding hydrogens is 332 g/mol. The van der Waals surface area contributed by atoms with Gasteiger partial charge in [-0.25, -0.2) is 0 Å². The van der Waals surface area contributed by atoms with Crippen molar-refractivity contribution in [1.29, 1.82) is 0 Å². The predicted molar refractivity (Wildman–Crippen MR) is 92.6 cm³/mol. The van der Waals surface area contributed by atoms with Crippen molar-refractivity contribution < 1.29 is 19.0 Å². The smallest absolute Gasteiger partial charge is 0.258 e. The van der Waals surface area contributed by atoms with Crippen molar-refractivity contribution >= 4 is 17.5 Å². The summed E-state index contributed by atoms with van der Waals surface area (Å²) < 4.78 is 16.8. The molecule has 0 bridgehead atoms. The van der Waals surface area contributed by atoms with E-state index in [2.05, 4.69) is 10.2 Å². The van der Waals surface area contributed by atoms with E-state index in [4.69, 9.17) is 25.8 Å². The zero-order valence-electron chi connectivity index (χ0n) is 14.2. The van der Waals surface area contributed by atoms with Gasteiger partial charge in [-0.2, -0.15) is 0 Å². The van der Waals surface area contributed by atoms with E-state index in [1.807, 2.05) is 14.1 Å². The number of benzene rings is 1. The van der Waals surface area contributed by atoms with Crippen LogP contribution in [-0.4, -0.2) is 70.0 Å². The Balaban J connectivity index is 1.77. The Labute approximate surface area is 148 Å². The number of carbonyl (C=O) groups is 1. The summed E-state index contributed by atoms with van der Waals surface area (Å²) in [4.78, 5) is 14.2. The first-order valence-electron chi connectivity index (χ1n) is 8.06. The summed E-state index contributed by atoms with van der Waals surface area (Å²) in [6.07, 6.45) is 0.601. The fourth-order valence-corrected chi connectivity index (χ4v) is 2.56. The van der Waals surface area contributed by atoms with Crippen LogP contribution >= 0.6 is 11.6 Å². The first kappa shape index (κ1) is 19.0. The van der Waals surface area contributed by atoms with E-state index in [-0.39, 0.29) is 24.7 Å². The average Bonchev–Trinajstić information content (AvgIpc) is 2.54. The molecule has 1 fully saturated rings. The van der Waals surface area contributed by atoms with Crippen molar-refractivity contribution in [2.75, 3.05) is 47.1 Å². The van der Waals surface area contributed by atoms with Crippen LogP contribution in [0.4, 0.5) is 0 Å². The van der Waals surface area contributed by atoms with Crippen LogP contribution in [0.2, 0.25) is 5.02 Å². The number of nitrogens with zero attached hydrogens (tertiary/aromatic N) is 1. The van der Waals surface area contributed by atoms with Gasteiger partial charge >= 0.3 is 0 Å². The highest BCUT2D eigenvalue weighted by molar-refractivity contribution is 6.30. The van der Waals surface area contributed by atoms with Gasteiger partial charge in [0.05, 0.1) is 19.3 Å². The minimum absolute atomic E-state index is 0.0535. The van der Waals surface area contributed by atoms with Gasteiger partial charge in [0.2, 0.25) is 0 Å². The molecule has 1 N–H and O–H groups in total. The highest BCUT2D eigenvalue weighted by atomic mass is 35.5. The summed E-state index contributed by atoms with van der Waals surface area (Å²) in [5.74, 6) is 0.395. The molecule has 24 heavy (non-hydrogen) atoms. The van der Waals surface area contributed by atoms with Gasteiger partial charge < -0.3 is 24.4 Å². The average molecular weight is 357 g/mol. The number of rotatable bonds is 8. The van der Waals surface area contributed by atoms with Gasteiger partial charge in [0.1, 0.15) is 11.9 Å². The van der Waals surface area contributed by atoms with Crippen LogP contribution in [0.1, 0.15) is 6.42 Å². The molecule has 6 nitrogen and oxygen atoms in total. The van der Waals surface area contributed by atoms with Crippen LogP contribution < -0.4 is 10.1 Å². The summed E-state index contributed by atoms with van der Waals surface area (Å²) in [7, 11) is 3.99. The monoisotopic (exact) mass is 356 g/mol. The molecule has 1 aromatic carbocycles. The first-order valence-corrected chi connectivity index (χ1v) is 8.44. The maximum absolute atomic E-state index is 12.1. The van der Waals surface area contributed by atoms with Crippen LogP contribution in [0.15, 0.2) is 24.3 Å². The number of hydrogen-bond acceptors (Lipinski definition) is 5. The van der Waals surface area contributed by atoms with Crippen LogP contribution in [0, 0.1) is 0 Å². The Morgan fingerprint density at radius 1 is 1.46 bits per heavy atom. The highest BCUT2D eigenvalue weighted by Gasteiger charge is 2.28. The second-order valence-corrected chi connectivity index (χ2v) is 6.43. The van der Waals surface area contributed by atoms with Crippen molar-refractivity contribution in [3.63, 3.8) is 0 Å². The number of hydrogen-bond donors (Lipinski definition) is 1. The summed E-state index contributed by atoms with van der Waals surface area (Å²) >= 11 is 5.89. The van der Waals surface area contributed by atoms with Gasteiger partial charge in [0, 0.05) is 18.2 Å². The second-order valence-electron chi connectivity index (χ2n) is 6.00. The molecule has 2 atom stereocenters. The van der Waals surface area contributed by atoms with E-state index < -0.39 is 0 Å². The van der Waals surface area contributed by atoms with E-state index in [1.54, 1.807) is 24.3 Å². The largest absolute Gasteiger partial charge is 0.484 e. The van der Waals surface area contributed by atoms with Crippen LogP contribution in [0.3, 0.4) is 0 Å². The molecule has 0 radical (unpaired) electrons. The summed E-state index contributed by atoms with van der Waals surface area (Å²) in [6.45, 7) is 2.49. The number of amides is 1. The molecule has 1 amide bonds. The molecule has 7 heteroatoms. The minimum Gasteiger partial charge on any atom is -0.484 e. The Morgan fingerprint density at radius 2 is 2.29 bits per heavy atom. The summed E-state index contributed by atoms with van der Waals surface area (Å²) in [5, 5.41) is 3.55. The molecule has 0 saturated carbocycles. The lowest BCUT2D eigenvalue weighted by atomic mass is 10.1. The molecule has 2 rings (SSSR count). The van der Waals surface area contributed by atoms with E-state index in [1.165, 1.54) is 0 Å². The predicted octanol–water partition coefficient (Wildman–Crippen LogP) is 1.57. The van der Waals surface area contributed by atoms with Crippen molar-refractivity contribution in [2.24, 2.45) is 0 Å². The van der Waals surface area contributed by atoms with E-state index >= 15 is 0 Å². The fraction of sp³-hybridized carbons (Fsp3) is 0.588. The summed E-state index contributed by atoms with van der Waals surface area (Å²) in [5.41, 5.74) is 0. The van der Waals surface area contributed by atoms with Crippen LogP contribution in [0.5, 0.6) is 5.75 Å². The Kier molecular flexibility index (Phi) is 7.78. The third kappa shape index (κ3) is 6.65. The van der Waals surface area contributed by atoms with Gasteiger partial charge in [0.15, 0.2) is 6.61 Å². The second kappa shape index (κ2) is 9.84. The number of likely N-dealkylation sites (N-methyl/N-ethyl adjacent to an activating group) is 1. The van der Waals surface area contributed by atoms with E-state index in [9.17, 15) is 4.79 Å². The third-order valence-corrected chi connectivity index (χ3v) is 3.92. The normalized spacial score (nSPS) is 20.8. The van der Waals surface area contributed by atoms with Crippen molar-refractivity contribution in [1.82, 2.24) is 10.2 Å². The molecule has 1 heterocycles. The van der Waals surface area contributed by atoms with Gasteiger partial charge in [-0.05, 0) is 38.7 Å². The minimum atomic E-state index is -0.178. The SMILES string of the molecule is CN(C)CCO[C@@H]1COCC[C@H]1NC(=O)COc1cccc(Cl)c1.